The topological polar surface area (TPSA) is 38.0 Å². The van der Waals surface area contributed by atoms with E-state index < -0.39 is 6.10 Å². The molecule has 0 spiro atoms. The van der Waals surface area contributed by atoms with Crippen LogP contribution in [0.4, 0.5) is 0 Å². The van der Waals surface area contributed by atoms with Gasteiger partial charge in [-0.25, -0.2) is 4.98 Å². The number of rotatable bonds is 3. The van der Waals surface area contributed by atoms with E-state index in [1.165, 1.54) is 5.56 Å². The fraction of sp³-hybridized carbons (Fsp3) is 0.308. The second-order valence-electron chi connectivity index (χ2n) is 4.17. The Bertz CT molecular complexity index is 459. The number of aryl methyl sites for hydroxylation is 2. The lowest BCUT2D eigenvalue weighted by Crippen LogP contribution is -2.02. The van der Waals surface area contributed by atoms with Crippen molar-refractivity contribution in [3.8, 4) is 0 Å². The first-order valence-electron chi connectivity index (χ1n) is 5.36. The molecule has 0 saturated heterocycles. The summed E-state index contributed by atoms with van der Waals surface area (Å²) in [6.07, 6.45) is 3.63. The second-order valence-corrected chi connectivity index (χ2v) is 4.17. The molecule has 1 atom stereocenters. The van der Waals surface area contributed by atoms with Crippen LogP contribution in [0.2, 0.25) is 0 Å². The number of aliphatic hydroxyl groups excluding tert-OH is 1. The summed E-state index contributed by atoms with van der Waals surface area (Å²) in [4.78, 5) is 4.14. The summed E-state index contributed by atoms with van der Waals surface area (Å²) in [7, 11) is 1.90. The molecule has 0 aliphatic carbocycles. The van der Waals surface area contributed by atoms with E-state index in [0.717, 1.165) is 11.3 Å². The zero-order valence-electron chi connectivity index (χ0n) is 9.59. The largest absolute Gasteiger partial charge is 0.386 e. The number of benzene rings is 1. The molecule has 1 unspecified atom stereocenters. The molecule has 0 amide bonds. The number of nitrogens with zero attached hydrogens (tertiary/aromatic N) is 2. The lowest BCUT2D eigenvalue weighted by Gasteiger charge is -2.07. The quantitative estimate of drug-likeness (QED) is 0.852. The van der Waals surface area contributed by atoms with Crippen molar-refractivity contribution in [2.24, 2.45) is 7.05 Å². The Morgan fingerprint density at radius 3 is 2.56 bits per heavy atom. The maximum Gasteiger partial charge on any atom is 0.101 e. The van der Waals surface area contributed by atoms with Crippen LogP contribution in [0, 0.1) is 6.92 Å². The van der Waals surface area contributed by atoms with Crippen LogP contribution in [-0.2, 0) is 13.5 Å². The van der Waals surface area contributed by atoms with Gasteiger partial charge >= 0.3 is 0 Å². The van der Waals surface area contributed by atoms with Gasteiger partial charge < -0.3 is 9.67 Å². The van der Waals surface area contributed by atoms with Gasteiger partial charge in [0.25, 0.3) is 0 Å². The Kier molecular flexibility index (Phi) is 3.06. The standard InChI is InChI=1S/C13H16N2O/c1-10-3-5-11(6-4-10)7-13(16)12-8-15(2)9-14-12/h3-6,8-9,13,16H,7H2,1-2H3. The predicted octanol–water partition coefficient (Wildman–Crippen LogP) is 2.00. The molecule has 0 aliphatic heterocycles. The Balaban J connectivity index is 2.07. The summed E-state index contributed by atoms with van der Waals surface area (Å²) >= 11 is 0. The molecule has 84 valence electrons. The van der Waals surface area contributed by atoms with E-state index in [1.807, 2.05) is 29.9 Å². The number of aliphatic hydroxyl groups is 1. The maximum atomic E-state index is 9.98. The van der Waals surface area contributed by atoms with Gasteiger partial charge in [0, 0.05) is 19.7 Å². The summed E-state index contributed by atoms with van der Waals surface area (Å²) in [5.41, 5.74) is 3.09. The van der Waals surface area contributed by atoms with Crippen molar-refractivity contribution in [2.45, 2.75) is 19.4 Å². The van der Waals surface area contributed by atoms with E-state index in [0.29, 0.717) is 6.42 Å². The smallest absolute Gasteiger partial charge is 0.101 e. The van der Waals surface area contributed by atoms with Crippen LogP contribution in [0.25, 0.3) is 0 Å². The summed E-state index contributed by atoms with van der Waals surface area (Å²) in [6, 6.07) is 8.20. The molecule has 3 nitrogen and oxygen atoms in total. The van der Waals surface area contributed by atoms with Crippen molar-refractivity contribution in [3.05, 3.63) is 53.6 Å². The van der Waals surface area contributed by atoms with Crippen LogP contribution in [0.3, 0.4) is 0 Å². The fourth-order valence-electron chi connectivity index (χ4n) is 1.66. The highest BCUT2D eigenvalue weighted by molar-refractivity contribution is 5.22. The average Bonchev–Trinajstić information content (AvgIpc) is 2.68. The van der Waals surface area contributed by atoms with Crippen molar-refractivity contribution in [1.29, 1.82) is 0 Å². The third-order valence-electron chi connectivity index (χ3n) is 2.62. The molecule has 2 rings (SSSR count). The molecule has 1 aromatic heterocycles. The van der Waals surface area contributed by atoms with Crippen molar-refractivity contribution in [3.63, 3.8) is 0 Å². The number of hydrogen-bond acceptors (Lipinski definition) is 2. The number of aromatic nitrogens is 2. The molecule has 1 aromatic carbocycles. The van der Waals surface area contributed by atoms with E-state index in [-0.39, 0.29) is 0 Å². The highest BCUT2D eigenvalue weighted by Crippen LogP contribution is 2.16. The van der Waals surface area contributed by atoms with Crippen LogP contribution in [0.1, 0.15) is 22.9 Å². The Hall–Kier alpha value is -1.61. The van der Waals surface area contributed by atoms with Gasteiger partial charge in [-0.1, -0.05) is 29.8 Å². The zero-order valence-corrected chi connectivity index (χ0v) is 9.59. The molecule has 0 bridgehead atoms. The minimum absolute atomic E-state index is 0.524. The normalized spacial score (nSPS) is 12.7. The van der Waals surface area contributed by atoms with Crippen LogP contribution in [0.5, 0.6) is 0 Å². The molecular weight excluding hydrogens is 200 g/mol. The monoisotopic (exact) mass is 216 g/mol. The van der Waals surface area contributed by atoms with Gasteiger partial charge in [0.1, 0.15) is 6.10 Å². The van der Waals surface area contributed by atoms with Gasteiger partial charge in [-0.2, -0.15) is 0 Å². The highest BCUT2D eigenvalue weighted by Gasteiger charge is 2.10. The van der Waals surface area contributed by atoms with E-state index in [9.17, 15) is 5.11 Å². The van der Waals surface area contributed by atoms with Crippen LogP contribution in [-0.4, -0.2) is 14.7 Å². The first kappa shape index (κ1) is 10.9. The van der Waals surface area contributed by atoms with Crippen LogP contribution >= 0.6 is 0 Å². The summed E-state index contributed by atoms with van der Waals surface area (Å²) in [5.74, 6) is 0. The second kappa shape index (κ2) is 4.49. The molecule has 0 aliphatic rings. The van der Waals surface area contributed by atoms with Crippen LogP contribution < -0.4 is 0 Å². The van der Waals surface area contributed by atoms with Gasteiger partial charge in [-0.3, -0.25) is 0 Å². The summed E-state index contributed by atoms with van der Waals surface area (Å²) in [6.45, 7) is 2.05. The average molecular weight is 216 g/mol. The molecule has 1 N–H and O–H groups in total. The SMILES string of the molecule is Cc1ccc(CC(O)c2cn(C)cn2)cc1. The summed E-state index contributed by atoms with van der Waals surface area (Å²) < 4.78 is 1.84. The fourth-order valence-corrected chi connectivity index (χ4v) is 1.66. The third-order valence-corrected chi connectivity index (χ3v) is 2.62. The maximum absolute atomic E-state index is 9.98. The molecule has 1 heterocycles. The van der Waals surface area contributed by atoms with Gasteiger partial charge in [0.2, 0.25) is 0 Å². The molecule has 0 radical (unpaired) electrons. The molecular formula is C13H16N2O. The van der Waals surface area contributed by atoms with E-state index >= 15 is 0 Å². The first-order valence-corrected chi connectivity index (χ1v) is 5.36. The predicted molar refractivity (Wildman–Crippen MR) is 63.1 cm³/mol. The minimum Gasteiger partial charge on any atom is -0.386 e. The number of imidazole rings is 1. The molecule has 16 heavy (non-hydrogen) atoms. The number of hydrogen-bond donors (Lipinski definition) is 1. The lowest BCUT2D eigenvalue weighted by molar-refractivity contribution is 0.174. The third kappa shape index (κ3) is 2.49. The van der Waals surface area contributed by atoms with Crippen LogP contribution in [0.15, 0.2) is 36.8 Å². The van der Waals surface area contributed by atoms with Crippen molar-refractivity contribution >= 4 is 0 Å². The first-order chi connectivity index (χ1) is 7.65. The molecule has 2 aromatic rings. The zero-order chi connectivity index (χ0) is 11.5. The summed E-state index contributed by atoms with van der Waals surface area (Å²) in [5, 5.41) is 9.98. The molecule has 0 fully saturated rings. The Morgan fingerprint density at radius 2 is 2.00 bits per heavy atom. The molecule has 0 saturated carbocycles. The highest BCUT2D eigenvalue weighted by atomic mass is 16.3. The van der Waals surface area contributed by atoms with Crippen molar-refractivity contribution in [1.82, 2.24) is 9.55 Å². The van der Waals surface area contributed by atoms with E-state index in [1.54, 1.807) is 6.33 Å². The lowest BCUT2D eigenvalue weighted by atomic mass is 10.0. The van der Waals surface area contributed by atoms with Gasteiger partial charge in [-0.15, -0.1) is 0 Å². The van der Waals surface area contributed by atoms with E-state index in [2.05, 4.69) is 24.0 Å². The minimum atomic E-state index is -0.524. The molecule has 3 heteroatoms. The Labute approximate surface area is 95.4 Å². The van der Waals surface area contributed by atoms with Gasteiger partial charge in [0.05, 0.1) is 12.0 Å². The van der Waals surface area contributed by atoms with Gasteiger partial charge in [0.15, 0.2) is 0 Å². The van der Waals surface area contributed by atoms with E-state index in [4.69, 9.17) is 0 Å². The van der Waals surface area contributed by atoms with Crippen molar-refractivity contribution in [2.75, 3.05) is 0 Å². The Morgan fingerprint density at radius 1 is 1.31 bits per heavy atom. The van der Waals surface area contributed by atoms with Gasteiger partial charge in [-0.05, 0) is 12.5 Å². The van der Waals surface area contributed by atoms with Crippen molar-refractivity contribution < 1.29 is 5.11 Å².